The zero-order chi connectivity index (χ0) is 13.1. The molecule has 0 amide bonds. The molecular weight excluding hydrogens is 252 g/mol. The smallest absolute Gasteiger partial charge is 0.237 e. The number of methoxy groups -OCH3 is 1. The van der Waals surface area contributed by atoms with Crippen molar-refractivity contribution in [2.75, 3.05) is 12.4 Å². The molecule has 1 aliphatic rings. The lowest BCUT2D eigenvalue weighted by atomic mass is 9.92. The van der Waals surface area contributed by atoms with Crippen LogP contribution in [0.3, 0.4) is 0 Å². The molecule has 4 nitrogen and oxygen atoms in total. The second-order valence-corrected chi connectivity index (χ2v) is 5.31. The number of nitrogens with zero attached hydrogens (tertiary/aromatic N) is 1. The SMILES string of the molecule is CO[C@H]1C[C@H](Oc2ncc(Cl)cc2NC(C)C)C1. The highest BCUT2D eigenvalue weighted by atomic mass is 35.5. The molecule has 0 spiro atoms. The molecule has 1 aromatic rings. The van der Waals surface area contributed by atoms with Crippen molar-refractivity contribution in [1.29, 1.82) is 0 Å². The van der Waals surface area contributed by atoms with Crippen molar-refractivity contribution in [2.24, 2.45) is 0 Å². The third kappa shape index (κ3) is 3.27. The highest BCUT2D eigenvalue weighted by molar-refractivity contribution is 6.30. The van der Waals surface area contributed by atoms with E-state index >= 15 is 0 Å². The number of pyridine rings is 1. The molecule has 0 atom stereocenters. The summed E-state index contributed by atoms with van der Waals surface area (Å²) in [6, 6.07) is 2.15. The van der Waals surface area contributed by atoms with Crippen LogP contribution < -0.4 is 10.1 Å². The number of anilines is 1. The van der Waals surface area contributed by atoms with Crippen molar-refractivity contribution in [3.63, 3.8) is 0 Å². The molecule has 100 valence electrons. The third-order valence-electron chi connectivity index (χ3n) is 2.93. The van der Waals surface area contributed by atoms with Crippen molar-refractivity contribution in [1.82, 2.24) is 4.98 Å². The van der Waals surface area contributed by atoms with E-state index < -0.39 is 0 Å². The minimum atomic E-state index is 0.191. The zero-order valence-electron chi connectivity index (χ0n) is 10.9. The Labute approximate surface area is 113 Å². The second-order valence-electron chi connectivity index (χ2n) is 4.87. The van der Waals surface area contributed by atoms with E-state index in [2.05, 4.69) is 24.1 Å². The fourth-order valence-electron chi connectivity index (χ4n) is 1.90. The topological polar surface area (TPSA) is 43.4 Å². The molecular formula is C13H19ClN2O2. The summed E-state index contributed by atoms with van der Waals surface area (Å²) in [5, 5.41) is 3.90. The van der Waals surface area contributed by atoms with Crippen LogP contribution in [-0.2, 0) is 4.74 Å². The summed E-state index contributed by atoms with van der Waals surface area (Å²) < 4.78 is 11.1. The molecule has 0 radical (unpaired) electrons. The Morgan fingerprint density at radius 1 is 1.39 bits per heavy atom. The number of hydrogen-bond donors (Lipinski definition) is 1. The minimum Gasteiger partial charge on any atom is -0.473 e. The van der Waals surface area contributed by atoms with Crippen LogP contribution in [0.15, 0.2) is 12.3 Å². The molecule has 0 bridgehead atoms. The first-order valence-electron chi connectivity index (χ1n) is 6.20. The molecule has 1 heterocycles. The summed E-state index contributed by atoms with van der Waals surface area (Å²) in [5.41, 5.74) is 0.846. The van der Waals surface area contributed by atoms with Crippen LogP contribution in [0.2, 0.25) is 5.02 Å². The molecule has 2 rings (SSSR count). The van der Waals surface area contributed by atoms with Gasteiger partial charge in [0.2, 0.25) is 5.88 Å². The Balaban J connectivity index is 2.03. The van der Waals surface area contributed by atoms with Crippen LogP contribution in [0.25, 0.3) is 0 Å². The van der Waals surface area contributed by atoms with Gasteiger partial charge in [-0.05, 0) is 19.9 Å². The largest absolute Gasteiger partial charge is 0.473 e. The Morgan fingerprint density at radius 2 is 2.11 bits per heavy atom. The van der Waals surface area contributed by atoms with E-state index in [1.807, 2.05) is 6.07 Å². The number of hydrogen-bond acceptors (Lipinski definition) is 4. The van der Waals surface area contributed by atoms with Crippen LogP contribution in [0.4, 0.5) is 5.69 Å². The van der Waals surface area contributed by atoms with Gasteiger partial charge in [-0.25, -0.2) is 4.98 Å². The van der Waals surface area contributed by atoms with Crippen molar-refractivity contribution in [3.8, 4) is 5.88 Å². The first kappa shape index (κ1) is 13.4. The van der Waals surface area contributed by atoms with Crippen LogP contribution in [0.5, 0.6) is 5.88 Å². The number of nitrogens with one attached hydrogen (secondary N) is 1. The molecule has 1 saturated carbocycles. The molecule has 0 unspecified atom stereocenters. The van der Waals surface area contributed by atoms with Gasteiger partial charge in [-0.2, -0.15) is 0 Å². The lowest BCUT2D eigenvalue weighted by Gasteiger charge is -2.34. The van der Waals surface area contributed by atoms with Gasteiger partial charge in [-0.3, -0.25) is 0 Å². The predicted octanol–water partition coefficient (Wildman–Crippen LogP) is 3.11. The van der Waals surface area contributed by atoms with E-state index in [1.54, 1.807) is 13.3 Å². The van der Waals surface area contributed by atoms with Crippen LogP contribution in [-0.4, -0.2) is 30.3 Å². The second kappa shape index (κ2) is 5.76. The average molecular weight is 271 g/mol. The number of aromatic nitrogens is 1. The van der Waals surface area contributed by atoms with E-state index in [4.69, 9.17) is 21.1 Å². The van der Waals surface area contributed by atoms with E-state index in [0.29, 0.717) is 23.0 Å². The van der Waals surface area contributed by atoms with Crippen LogP contribution in [0, 0.1) is 0 Å². The number of rotatable bonds is 5. The summed E-state index contributed by atoms with van der Waals surface area (Å²) >= 11 is 5.95. The first-order valence-corrected chi connectivity index (χ1v) is 6.57. The summed E-state index contributed by atoms with van der Waals surface area (Å²) in [6.07, 6.45) is 3.96. The average Bonchev–Trinajstić information content (AvgIpc) is 2.24. The quantitative estimate of drug-likeness (QED) is 0.893. The Bertz CT molecular complexity index is 406. The lowest BCUT2D eigenvalue weighted by Crippen LogP contribution is -2.39. The van der Waals surface area contributed by atoms with E-state index in [1.165, 1.54) is 0 Å². The molecule has 18 heavy (non-hydrogen) atoms. The fourth-order valence-corrected chi connectivity index (χ4v) is 2.06. The highest BCUT2D eigenvalue weighted by Crippen LogP contribution is 2.32. The highest BCUT2D eigenvalue weighted by Gasteiger charge is 2.31. The zero-order valence-corrected chi connectivity index (χ0v) is 11.7. The Kier molecular flexibility index (Phi) is 4.30. The molecule has 0 aromatic carbocycles. The van der Waals surface area contributed by atoms with E-state index in [0.717, 1.165) is 18.5 Å². The van der Waals surface area contributed by atoms with Gasteiger partial charge in [-0.1, -0.05) is 11.6 Å². The molecule has 1 aliphatic carbocycles. The lowest BCUT2D eigenvalue weighted by molar-refractivity contribution is -0.0393. The Hall–Kier alpha value is -1.00. The van der Waals surface area contributed by atoms with Crippen molar-refractivity contribution in [2.45, 2.75) is 44.9 Å². The number of halogens is 1. The van der Waals surface area contributed by atoms with Gasteiger partial charge in [0.1, 0.15) is 6.10 Å². The van der Waals surface area contributed by atoms with Crippen molar-refractivity contribution < 1.29 is 9.47 Å². The predicted molar refractivity (Wildman–Crippen MR) is 72.5 cm³/mol. The van der Waals surface area contributed by atoms with E-state index in [-0.39, 0.29) is 6.10 Å². The van der Waals surface area contributed by atoms with Gasteiger partial charge in [-0.15, -0.1) is 0 Å². The van der Waals surface area contributed by atoms with Crippen LogP contribution in [0.1, 0.15) is 26.7 Å². The maximum Gasteiger partial charge on any atom is 0.237 e. The molecule has 1 fully saturated rings. The maximum atomic E-state index is 5.95. The standard InChI is InChI=1S/C13H19ClN2O2/c1-8(2)16-12-4-9(14)7-15-13(12)18-11-5-10(6-11)17-3/h4,7-8,10-11,16H,5-6H2,1-3H3/t10-,11-. The van der Waals surface area contributed by atoms with Gasteiger partial charge in [0.05, 0.1) is 16.8 Å². The van der Waals surface area contributed by atoms with Gasteiger partial charge < -0.3 is 14.8 Å². The monoisotopic (exact) mass is 270 g/mol. The molecule has 0 aliphatic heterocycles. The summed E-state index contributed by atoms with van der Waals surface area (Å²) in [4.78, 5) is 4.25. The first-order chi connectivity index (χ1) is 8.58. The Morgan fingerprint density at radius 3 is 2.72 bits per heavy atom. The normalized spacial score (nSPS) is 22.7. The summed E-state index contributed by atoms with van der Waals surface area (Å²) in [7, 11) is 1.73. The van der Waals surface area contributed by atoms with Crippen LogP contribution >= 0.6 is 11.6 Å². The summed E-state index contributed by atoms with van der Waals surface area (Å²) in [5.74, 6) is 0.618. The fraction of sp³-hybridized carbons (Fsp3) is 0.615. The third-order valence-corrected chi connectivity index (χ3v) is 3.13. The molecule has 1 N–H and O–H groups in total. The number of ether oxygens (including phenoxy) is 2. The van der Waals surface area contributed by atoms with Crippen molar-refractivity contribution in [3.05, 3.63) is 17.3 Å². The summed E-state index contributed by atoms with van der Waals surface area (Å²) in [6.45, 7) is 4.13. The molecule has 1 aromatic heterocycles. The minimum absolute atomic E-state index is 0.191. The maximum absolute atomic E-state index is 5.95. The van der Waals surface area contributed by atoms with Gasteiger partial charge in [0.15, 0.2) is 0 Å². The van der Waals surface area contributed by atoms with Gasteiger partial charge >= 0.3 is 0 Å². The van der Waals surface area contributed by atoms with Gasteiger partial charge in [0, 0.05) is 32.2 Å². The van der Waals surface area contributed by atoms with Crippen molar-refractivity contribution >= 4 is 17.3 Å². The molecule has 0 saturated heterocycles. The van der Waals surface area contributed by atoms with E-state index in [9.17, 15) is 0 Å². The van der Waals surface area contributed by atoms with Gasteiger partial charge in [0.25, 0.3) is 0 Å². The molecule has 5 heteroatoms.